The second-order valence-electron chi connectivity index (χ2n) is 4.98. The Hall–Kier alpha value is -0.130. The van der Waals surface area contributed by atoms with E-state index in [9.17, 15) is 8.42 Å². The zero-order chi connectivity index (χ0) is 12.2. The highest BCUT2D eigenvalue weighted by Gasteiger charge is 2.20. The maximum atomic E-state index is 11.2. The highest BCUT2D eigenvalue weighted by Crippen LogP contribution is 2.03. The van der Waals surface area contributed by atoms with E-state index < -0.39 is 9.84 Å². The molecule has 1 heterocycles. The molecule has 16 heavy (non-hydrogen) atoms. The van der Waals surface area contributed by atoms with Crippen LogP contribution in [-0.2, 0) is 9.84 Å². The predicted molar refractivity (Wildman–Crippen MR) is 67.4 cm³/mol. The number of nitrogens with one attached hydrogen (secondary N) is 1. The summed E-state index contributed by atoms with van der Waals surface area (Å²) in [5.74, 6) is 1.29. The van der Waals surface area contributed by atoms with Crippen molar-refractivity contribution in [2.45, 2.75) is 26.8 Å². The van der Waals surface area contributed by atoms with Gasteiger partial charge in [-0.2, -0.15) is 0 Å². The van der Waals surface area contributed by atoms with Gasteiger partial charge in [0.15, 0.2) is 9.84 Å². The minimum absolute atomic E-state index is 0.326. The molecule has 0 aromatic carbocycles. The van der Waals surface area contributed by atoms with Crippen LogP contribution >= 0.6 is 0 Å². The van der Waals surface area contributed by atoms with Gasteiger partial charge in [-0.1, -0.05) is 13.8 Å². The predicted octanol–water partition coefficient (Wildman–Crippen LogP) is 0.351. The van der Waals surface area contributed by atoms with Crippen LogP contribution < -0.4 is 5.32 Å². The summed E-state index contributed by atoms with van der Waals surface area (Å²) in [6.45, 7) is 9.87. The van der Waals surface area contributed by atoms with E-state index >= 15 is 0 Å². The fraction of sp³-hybridized carbons (Fsp3) is 1.00. The Balaban J connectivity index is 2.16. The number of sulfone groups is 1. The Bertz CT molecular complexity index is 287. The molecule has 5 heteroatoms. The van der Waals surface area contributed by atoms with Crippen molar-refractivity contribution in [1.29, 1.82) is 0 Å². The molecule has 1 fully saturated rings. The standard InChI is InChI=1S/C11H24N2O2S/c1-10(2)11(3)12-4-5-13-6-8-16(14,15)9-7-13/h10-12H,4-9H2,1-3H3. The van der Waals surface area contributed by atoms with Gasteiger partial charge in [0, 0.05) is 32.2 Å². The fourth-order valence-electron chi connectivity index (χ4n) is 1.66. The Kier molecular flexibility index (Phi) is 5.21. The molecule has 0 spiro atoms. The molecule has 96 valence electrons. The van der Waals surface area contributed by atoms with Gasteiger partial charge in [0.1, 0.15) is 0 Å². The summed E-state index contributed by atoms with van der Waals surface area (Å²) in [5, 5.41) is 3.46. The highest BCUT2D eigenvalue weighted by molar-refractivity contribution is 7.91. The van der Waals surface area contributed by atoms with E-state index in [1.54, 1.807) is 0 Å². The van der Waals surface area contributed by atoms with Crippen molar-refractivity contribution in [3.63, 3.8) is 0 Å². The Morgan fingerprint density at radius 2 is 1.75 bits per heavy atom. The van der Waals surface area contributed by atoms with Gasteiger partial charge in [-0.05, 0) is 12.8 Å². The van der Waals surface area contributed by atoms with E-state index in [2.05, 4.69) is 31.0 Å². The molecule has 1 unspecified atom stereocenters. The zero-order valence-corrected chi connectivity index (χ0v) is 11.4. The van der Waals surface area contributed by atoms with Gasteiger partial charge in [0.05, 0.1) is 11.5 Å². The Morgan fingerprint density at radius 1 is 1.19 bits per heavy atom. The highest BCUT2D eigenvalue weighted by atomic mass is 32.2. The minimum atomic E-state index is -2.73. The Morgan fingerprint density at radius 3 is 2.25 bits per heavy atom. The van der Waals surface area contributed by atoms with Gasteiger partial charge in [-0.3, -0.25) is 0 Å². The third-order valence-electron chi connectivity index (χ3n) is 3.33. The summed E-state index contributed by atoms with van der Waals surface area (Å²) in [6, 6.07) is 0.522. The minimum Gasteiger partial charge on any atom is -0.313 e. The van der Waals surface area contributed by atoms with Gasteiger partial charge in [-0.25, -0.2) is 8.42 Å². The SMILES string of the molecule is CC(C)C(C)NCCN1CCS(=O)(=O)CC1. The summed E-state index contributed by atoms with van der Waals surface area (Å²) >= 11 is 0. The molecule has 1 aliphatic rings. The lowest BCUT2D eigenvalue weighted by atomic mass is 10.1. The quantitative estimate of drug-likeness (QED) is 0.763. The first-order valence-electron chi connectivity index (χ1n) is 6.07. The molecule has 0 amide bonds. The molecule has 0 aromatic rings. The lowest BCUT2D eigenvalue weighted by Gasteiger charge is -2.27. The molecule has 0 bridgehead atoms. The van der Waals surface area contributed by atoms with Gasteiger partial charge in [0.2, 0.25) is 0 Å². The molecule has 1 rings (SSSR count). The zero-order valence-electron chi connectivity index (χ0n) is 10.6. The van der Waals surface area contributed by atoms with E-state index in [0.717, 1.165) is 13.1 Å². The molecule has 1 aliphatic heterocycles. The van der Waals surface area contributed by atoms with E-state index in [-0.39, 0.29) is 0 Å². The molecular formula is C11H24N2O2S. The number of hydrogen-bond donors (Lipinski definition) is 1. The normalized spacial score (nSPS) is 23.5. The van der Waals surface area contributed by atoms with Crippen LogP contribution in [0.4, 0.5) is 0 Å². The van der Waals surface area contributed by atoms with Crippen molar-refractivity contribution < 1.29 is 8.42 Å². The second-order valence-corrected chi connectivity index (χ2v) is 7.28. The van der Waals surface area contributed by atoms with Crippen molar-refractivity contribution in [1.82, 2.24) is 10.2 Å². The second kappa shape index (κ2) is 5.98. The summed E-state index contributed by atoms with van der Waals surface area (Å²) in [6.07, 6.45) is 0. The Labute approximate surface area is 99.3 Å². The maximum Gasteiger partial charge on any atom is 0.152 e. The lowest BCUT2D eigenvalue weighted by molar-refractivity contribution is 0.283. The molecule has 0 aliphatic carbocycles. The van der Waals surface area contributed by atoms with Crippen molar-refractivity contribution in [3.8, 4) is 0 Å². The van der Waals surface area contributed by atoms with Crippen LogP contribution in [0.15, 0.2) is 0 Å². The average molecular weight is 248 g/mol. The van der Waals surface area contributed by atoms with Crippen LogP contribution in [0, 0.1) is 5.92 Å². The summed E-state index contributed by atoms with van der Waals surface area (Å²) < 4.78 is 22.5. The van der Waals surface area contributed by atoms with Gasteiger partial charge in [-0.15, -0.1) is 0 Å². The largest absolute Gasteiger partial charge is 0.313 e. The molecule has 0 saturated carbocycles. The topological polar surface area (TPSA) is 49.4 Å². The summed E-state index contributed by atoms with van der Waals surface area (Å²) in [4.78, 5) is 2.22. The summed E-state index contributed by atoms with van der Waals surface area (Å²) in [7, 11) is -2.73. The fourth-order valence-corrected chi connectivity index (χ4v) is 2.94. The van der Waals surface area contributed by atoms with Crippen LogP contribution in [0.2, 0.25) is 0 Å². The van der Waals surface area contributed by atoms with Crippen LogP contribution in [0.25, 0.3) is 0 Å². The molecule has 4 nitrogen and oxygen atoms in total. The van der Waals surface area contributed by atoms with Crippen LogP contribution in [0.1, 0.15) is 20.8 Å². The first-order valence-corrected chi connectivity index (χ1v) is 7.89. The van der Waals surface area contributed by atoms with E-state index in [4.69, 9.17) is 0 Å². The maximum absolute atomic E-state index is 11.2. The molecule has 1 N–H and O–H groups in total. The van der Waals surface area contributed by atoms with Gasteiger partial charge >= 0.3 is 0 Å². The van der Waals surface area contributed by atoms with Crippen molar-refractivity contribution in [3.05, 3.63) is 0 Å². The number of hydrogen-bond acceptors (Lipinski definition) is 4. The molecular weight excluding hydrogens is 224 g/mol. The number of rotatable bonds is 5. The smallest absolute Gasteiger partial charge is 0.152 e. The van der Waals surface area contributed by atoms with E-state index in [1.807, 2.05) is 0 Å². The molecule has 0 radical (unpaired) electrons. The van der Waals surface area contributed by atoms with Crippen molar-refractivity contribution in [2.24, 2.45) is 5.92 Å². The van der Waals surface area contributed by atoms with E-state index in [1.165, 1.54) is 0 Å². The van der Waals surface area contributed by atoms with Crippen LogP contribution in [0.5, 0.6) is 0 Å². The van der Waals surface area contributed by atoms with E-state index in [0.29, 0.717) is 36.6 Å². The van der Waals surface area contributed by atoms with Crippen molar-refractivity contribution in [2.75, 3.05) is 37.7 Å². The monoisotopic (exact) mass is 248 g/mol. The first kappa shape index (κ1) is 13.9. The van der Waals surface area contributed by atoms with Gasteiger partial charge in [0.25, 0.3) is 0 Å². The summed E-state index contributed by atoms with van der Waals surface area (Å²) in [5.41, 5.74) is 0. The molecule has 1 saturated heterocycles. The van der Waals surface area contributed by atoms with Crippen LogP contribution in [-0.4, -0.2) is 57.0 Å². The van der Waals surface area contributed by atoms with Crippen LogP contribution in [0.3, 0.4) is 0 Å². The van der Waals surface area contributed by atoms with Gasteiger partial charge < -0.3 is 10.2 Å². The van der Waals surface area contributed by atoms with Crippen molar-refractivity contribution >= 4 is 9.84 Å². The lowest BCUT2D eigenvalue weighted by Crippen LogP contribution is -2.44. The average Bonchev–Trinajstić information content (AvgIpc) is 2.20. The third-order valence-corrected chi connectivity index (χ3v) is 4.94. The number of nitrogens with zero attached hydrogens (tertiary/aromatic N) is 1. The molecule has 1 atom stereocenters. The third kappa shape index (κ3) is 4.80. The first-order chi connectivity index (χ1) is 7.41. The molecule has 0 aromatic heterocycles.